The summed E-state index contributed by atoms with van der Waals surface area (Å²) in [6, 6.07) is 4.63. The fraction of sp³-hybridized carbons (Fsp3) is 0.250. The molecule has 0 unspecified atom stereocenters. The van der Waals surface area contributed by atoms with Crippen molar-refractivity contribution in [2.24, 2.45) is 0 Å². The summed E-state index contributed by atoms with van der Waals surface area (Å²) in [4.78, 5) is 0.0486. The van der Waals surface area contributed by atoms with Crippen LogP contribution in [0.25, 0.3) is 0 Å². The van der Waals surface area contributed by atoms with Crippen LogP contribution in [-0.4, -0.2) is 13.6 Å². The first-order chi connectivity index (χ1) is 9.31. The molecular weight excluding hydrogens is 346 g/mol. The van der Waals surface area contributed by atoms with Gasteiger partial charge in [0.15, 0.2) is 0 Å². The molecule has 6 nitrogen and oxygen atoms in total. The third kappa shape index (κ3) is 3.02. The number of halogens is 1. The van der Waals surface area contributed by atoms with Crippen LogP contribution in [0.5, 0.6) is 0 Å². The standard InChI is InChI=1S/C12H14BrN3O3S/c1-7-10(8(2)19-16-7)6-15-20(17,18)12-4-3-9(13)5-11(12)14/h3-5,15H,6,14H2,1-2H3. The van der Waals surface area contributed by atoms with E-state index in [1.807, 2.05) is 0 Å². The molecule has 20 heavy (non-hydrogen) atoms. The molecular formula is C12H14BrN3O3S. The molecule has 2 rings (SSSR count). The van der Waals surface area contributed by atoms with Crippen LogP contribution in [0.15, 0.2) is 32.1 Å². The first kappa shape index (κ1) is 15.0. The highest BCUT2D eigenvalue weighted by atomic mass is 79.9. The van der Waals surface area contributed by atoms with Gasteiger partial charge in [0.25, 0.3) is 0 Å². The number of sulfonamides is 1. The molecule has 0 aliphatic rings. The second-order valence-electron chi connectivity index (χ2n) is 4.31. The minimum Gasteiger partial charge on any atom is -0.398 e. The number of rotatable bonds is 4. The lowest BCUT2D eigenvalue weighted by Crippen LogP contribution is -2.24. The van der Waals surface area contributed by atoms with E-state index in [0.29, 0.717) is 11.5 Å². The molecule has 1 aromatic heterocycles. The number of hydrogen-bond acceptors (Lipinski definition) is 5. The van der Waals surface area contributed by atoms with E-state index in [1.165, 1.54) is 6.07 Å². The lowest BCUT2D eigenvalue weighted by molar-refractivity contribution is 0.392. The molecule has 3 N–H and O–H groups in total. The van der Waals surface area contributed by atoms with Crippen LogP contribution in [0.4, 0.5) is 5.69 Å². The maximum absolute atomic E-state index is 12.2. The number of nitrogen functional groups attached to an aromatic ring is 1. The molecule has 0 aliphatic carbocycles. The summed E-state index contributed by atoms with van der Waals surface area (Å²) in [6.45, 7) is 3.60. The molecule has 0 fully saturated rings. The van der Waals surface area contributed by atoms with Crippen molar-refractivity contribution in [2.45, 2.75) is 25.3 Å². The third-order valence-electron chi connectivity index (χ3n) is 2.88. The van der Waals surface area contributed by atoms with Gasteiger partial charge in [-0.05, 0) is 32.0 Å². The zero-order valence-corrected chi connectivity index (χ0v) is 13.4. The number of hydrogen-bond donors (Lipinski definition) is 2. The smallest absolute Gasteiger partial charge is 0.242 e. The molecule has 1 heterocycles. The van der Waals surface area contributed by atoms with E-state index in [1.54, 1.807) is 26.0 Å². The number of anilines is 1. The lowest BCUT2D eigenvalue weighted by atomic mass is 10.2. The predicted molar refractivity (Wildman–Crippen MR) is 78.6 cm³/mol. The highest BCUT2D eigenvalue weighted by Crippen LogP contribution is 2.23. The lowest BCUT2D eigenvalue weighted by Gasteiger charge is -2.09. The molecule has 2 aromatic rings. The number of nitrogens with zero attached hydrogens (tertiary/aromatic N) is 1. The molecule has 108 valence electrons. The van der Waals surface area contributed by atoms with Gasteiger partial charge in [0.05, 0.1) is 11.4 Å². The topological polar surface area (TPSA) is 98.2 Å². The van der Waals surface area contributed by atoms with Gasteiger partial charge in [-0.1, -0.05) is 21.1 Å². The third-order valence-corrected chi connectivity index (χ3v) is 4.85. The van der Waals surface area contributed by atoms with Gasteiger partial charge in [-0.15, -0.1) is 0 Å². The number of nitrogens with one attached hydrogen (secondary N) is 1. The monoisotopic (exact) mass is 359 g/mol. The average Bonchev–Trinajstić information content (AvgIpc) is 2.66. The molecule has 1 aromatic carbocycles. The Bertz CT molecular complexity index is 721. The first-order valence-electron chi connectivity index (χ1n) is 5.77. The summed E-state index contributed by atoms with van der Waals surface area (Å²) >= 11 is 3.24. The van der Waals surface area contributed by atoms with Crippen LogP contribution in [0, 0.1) is 13.8 Å². The Balaban J connectivity index is 2.24. The molecule has 0 bridgehead atoms. The van der Waals surface area contributed by atoms with Crippen molar-refractivity contribution in [3.63, 3.8) is 0 Å². The Kier molecular flexibility index (Phi) is 4.17. The fourth-order valence-corrected chi connectivity index (χ4v) is 3.25. The molecule has 0 saturated carbocycles. The van der Waals surface area contributed by atoms with Crippen LogP contribution >= 0.6 is 15.9 Å². The minimum absolute atomic E-state index is 0.0486. The Morgan fingerprint density at radius 1 is 1.40 bits per heavy atom. The van der Waals surface area contributed by atoms with Crippen LogP contribution in [0.3, 0.4) is 0 Å². The molecule has 0 saturated heterocycles. The second-order valence-corrected chi connectivity index (χ2v) is 6.96. The van der Waals surface area contributed by atoms with Gasteiger partial charge in [-0.2, -0.15) is 0 Å². The van der Waals surface area contributed by atoms with Crippen molar-refractivity contribution in [1.82, 2.24) is 9.88 Å². The summed E-state index contributed by atoms with van der Waals surface area (Å²) < 4.78 is 32.7. The average molecular weight is 360 g/mol. The van der Waals surface area contributed by atoms with Crippen molar-refractivity contribution in [1.29, 1.82) is 0 Å². The largest absolute Gasteiger partial charge is 0.398 e. The summed E-state index contributed by atoms with van der Waals surface area (Å²) in [6.07, 6.45) is 0. The predicted octanol–water partition coefficient (Wildman–Crippen LogP) is 2.11. The highest BCUT2D eigenvalue weighted by Gasteiger charge is 2.19. The maximum atomic E-state index is 12.2. The van der Waals surface area contributed by atoms with Gasteiger partial charge in [-0.25, -0.2) is 13.1 Å². The second kappa shape index (κ2) is 5.55. The molecule has 8 heteroatoms. The van der Waals surface area contributed by atoms with Crippen LogP contribution < -0.4 is 10.5 Å². The van der Waals surface area contributed by atoms with Crippen molar-refractivity contribution in [2.75, 3.05) is 5.73 Å². The zero-order valence-electron chi connectivity index (χ0n) is 11.0. The van der Waals surface area contributed by atoms with Crippen molar-refractivity contribution in [3.8, 4) is 0 Å². The van der Waals surface area contributed by atoms with Gasteiger partial charge in [0, 0.05) is 16.6 Å². The van der Waals surface area contributed by atoms with E-state index < -0.39 is 10.0 Å². The fourth-order valence-electron chi connectivity index (χ4n) is 1.76. The van der Waals surface area contributed by atoms with E-state index in [-0.39, 0.29) is 17.1 Å². The SMILES string of the molecule is Cc1noc(C)c1CNS(=O)(=O)c1ccc(Br)cc1N. The minimum atomic E-state index is -3.68. The summed E-state index contributed by atoms with van der Waals surface area (Å²) in [5.74, 6) is 0.592. The number of benzene rings is 1. The summed E-state index contributed by atoms with van der Waals surface area (Å²) in [5.41, 5.74) is 7.31. The molecule has 0 atom stereocenters. The number of aryl methyl sites for hydroxylation is 2. The van der Waals surface area contributed by atoms with Crippen LogP contribution in [0.2, 0.25) is 0 Å². The summed E-state index contributed by atoms with van der Waals surface area (Å²) in [5, 5.41) is 3.78. The molecule has 0 spiro atoms. The van der Waals surface area contributed by atoms with Gasteiger partial charge in [0.1, 0.15) is 10.7 Å². The van der Waals surface area contributed by atoms with E-state index >= 15 is 0 Å². The normalized spacial score (nSPS) is 11.8. The van der Waals surface area contributed by atoms with Gasteiger partial charge in [-0.3, -0.25) is 0 Å². The maximum Gasteiger partial charge on any atom is 0.242 e. The van der Waals surface area contributed by atoms with Crippen LogP contribution in [-0.2, 0) is 16.6 Å². The van der Waals surface area contributed by atoms with E-state index in [4.69, 9.17) is 10.3 Å². The van der Waals surface area contributed by atoms with Crippen molar-refractivity contribution in [3.05, 3.63) is 39.7 Å². The van der Waals surface area contributed by atoms with E-state index in [9.17, 15) is 8.42 Å². The molecule has 0 radical (unpaired) electrons. The van der Waals surface area contributed by atoms with Gasteiger partial charge >= 0.3 is 0 Å². The Hall–Kier alpha value is -1.38. The first-order valence-corrected chi connectivity index (χ1v) is 8.05. The zero-order chi connectivity index (χ0) is 14.9. The van der Waals surface area contributed by atoms with Crippen molar-refractivity contribution >= 4 is 31.6 Å². The van der Waals surface area contributed by atoms with E-state index in [2.05, 4.69) is 25.8 Å². The highest BCUT2D eigenvalue weighted by molar-refractivity contribution is 9.10. The summed E-state index contributed by atoms with van der Waals surface area (Å²) in [7, 11) is -3.68. The number of aromatic nitrogens is 1. The van der Waals surface area contributed by atoms with Crippen LogP contribution in [0.1, 0.15) is 17.0 Å². The molecule has 0 aliphatic heterocycles. The Morgan fingerprint density at radius 3 is 2.65 bits per heavy atom. The Morgan fingerprint density at radius 2 is 2.10 bits per heavy atom. The quantitative estimate of drug-likeness (QED) is 0.814. The van der Waals surface area contributed by atoms with Crippen molar-refractivity contribution < 1.29 is 12.9 Å². The molecule has 0 amide bonds. The number of nitrogens with two attached hydrogens (primary N) is 1. The van der Waals surface area contributed by atoms with Gasteiger partial charge < -0.3 is 10.3 Å². The Labute approximate surface area is 125 Å². The van der Waals surface area contributed by atoms with Gasteiger partial charge in [0.2, 0.25) is 10.0 Å². The van der Waals surface area contributed by atoms with E-state index in [0.717, 1.165) is 10.0 Å².